The molecule has 0 unspecified atom stereocenters. The number of rotatable bonds is 7. The average molecular weight is 869 g/mol. The van der Waals surface area contributed by atoms with Gasteiger partial charge in [-0.2, -0.15) is 10.5 Å². The summed E-state index contributed by atoms with van der Waals surface area (Å²) in [6, 6.07) is 65.4. The Hall–Kier alpha value is -10.1. The highest BCUT2D eigenvalue weighted by Crippen LogP contribution is 2.48. The van der Waals surface area contributed by atoms with Gasteiger partial charge in [0.25, 0.3) is 11.8 Å². The maximum absolute atomic E-state index is 15.6. The fraction of sp³-hybridized carbons (Fsp3) is 0. The molecule has 1 aliphatic heterocycles. The van der Waals surface area contributed by atoms with Crippen molar-refractivity contribution in [3.8, 4) is 73.5 Å². The zero-order chi connectivity index (χ0) is 46.5. The molecule has 0 fully saturated rings. The van der Waals surface area contributed by atoms with Gasteiger partial charge in [-0.15, -0.1) is 0 Å². The van der Waals surface area contributed by atoms with E-state index in [1.165, 1.54) is 4.90 Å². The van der Waals surface area contributed by atoms with Crippen LogP contribution >= 0.6 is 0 Å². The van der Waals surface area contributed by atoms with Crippen molar-refractivity contribution >= 4 is 50.7 Å². The summed E-state index contributed by atoms with van der Waals surface area (Å²) >= 11 is 0. The Kier molecular flexibility index (Phi) is 9.84. The molecule has 11 rings (SSSR count). The van der Waals surface area contributed by atoms with Crippen molar-refractivity contribution in [1.82, 2.24) is 4.57 Å². The Balaban J connectivity index is 1.15. The van der Waals surface area contributed by atoms with Crippen molar-refractivity contribution < 1.29 is 9.59 Å². The van der Waals surface area contributed by atoms with Crippen molar-refractivity contribution in [2.24, 2.45) is 0 Å². The van der Waals surface area contributed by atoms with Gasteiger partial charge in [0.15, 0.2) is 11.4 Å². The summed E-state index contributed by atoms with van der Waals surface area (Å²) in [5.41, 5.74) is 12.2. The zero-order valence-corrected chi connectivity index (χ0v) is 36.0. The number of fused-ring (bicyclic) bond motifs is 4. The molecule has 10 aromatic rings. The molecule has 0 atom stereocenters. The van der Waals surface area contributed by atoms with Crippen LogP contribution in [0.5, 0.6) is 0 Å². The monoisotopic (exact) mass is 868 g/mol. The van der Waals surface area contributed by atoms with Crippen LogP contribution in [0.1, 0.15) is 31.8 Å². The van der Waals surface area contributed by atoms with Gasteiger partial charge in [0.1, 0.15) is 0 Å². The minimum absolute atomic E-state index is 0.249. The van der Waals surface area contributed by atoms with Gasteiger partial charge < -0.3 is 4.57 Å². The van der Waals surface area contributed by atoms with Crippen LogP contribution < -0.4 is 4.90 Å². The molecule has 2 heterocycles. The van der Waals surface area contributed by atoms with Gasteiger partial charge in [0.05, 0.1) is 58.8 Å². The van der Waals surface area contributed by atoms with Crippen LogP contribution in [0.15, 0.2) is 194 Å². The number of carbonyl (C=O) groups is 2. The first kappa shape index (κ1) is 40.6. The first-order valence-corrected chi connectivity index (χ1v) is 21.7. The largest absolute Gasteiger partial charge is 0.308 e. The number of hydrogen-bond donors (Lipinski definition) is 0. The number of hydrogen-bond acceptors (Lipinski definition) is 4. The Labute approximate surface area is 391 Å². The number of aromatic nitrogens is 1. The number of imide groups is 1. The van der Waals surface area contributed by atoms with Gasteiger partial charge in [-0.05, 0) is 111 Å². The van der Waals surface area contributed by atoms with Crippen molar-refractivity contribution in [2.75, 3.05) is 4.90 Å². The standard InChI is InChI=1S/C60H32N6O2/c1-63-45-24-26-46(44(30-45)36-62)41-22-27-54-51(31-41)52-32-42(47-25-21-37(35-61)29-53(47)64-2)23-28-55(52)65(54)56-20-12-19-48-57(56)60(68)66(59(48)67)58-49(39-15-8-4-9-16-39)33-43(38-13-6-3-7-14-38)34-50(58)40-17-10-5-11-18-40/h3-34H. The minimum atomic E-state index is -0.469. The van der Waals surface area contributed by atoms with Crippen LogP contribution in [0.4, 0.5) is 17.1 Å². The molecule has 0 saturated heterocycles. The van der Waals surface area contributed by atoms with E-state index >= 15 is 9.59 Å². The Morgan fingerprint density at radius 1 is 0.441 bits per heavy atom. The molecule has 68 heavy (non-hydrogen) atoms. The second-order valence-electron chi connectivity index (χ2n) is 16.4. The number of amides is 2. The van der Waals surface area contributed by atoms with Crippen LogP contribution in [0.2, 0.25) is 0 Å². The number of nitrogens with zero attached hydrogens (tertiary/aromatic N) is 6. The molecule has 0 radical (unpaired) electrons. The van der Waals surface area contributed by atoms with Gasteiger partial charge >= 0.3 is 0 Å². The summed E-state index contributed by atoms with van der Waals surface area (Å²) < 4.78 is 2.00. The van der Waals surface area contributed by atoms with E-state index in [0.29, 0.717) is 45.0 Å². The maximum atomic E-state index is 15.6. The van der Waals surface area contributed by atoms with Crippen molar-refractivity contribution in [2.45, 2.75) is 0 Å². The van der Waals surface area contributed by atoms with Crippen LogP contribution in [-0.2, 0) is 0 Å². The van der Waals surface area contributed by atoms with Crippen LogP contribution in [0.3, 0.4) is 0 Å². The molecule has 0 aliphatic carbocycles. The molecule has 9 aromatic carbocycles. The van der Waals surface area contributed by atoms with Crippen LogP contribution in [-0.4, -0.2) is 16.4 Å². The summed E-state index contributed by atoms with van der Waals surface area (Å²) in [7, 11) is 0. The molecule has 314 valence electrons. The lowest BCUT2D eigenvalue weighted by Crippen LogP contribution is -2.30. The molecule has 8 heteroatoms. The second-order valence-corrected chi connectivity index (χ2v) is 16.4. The zero-order valence-electron chi connectivity index (χ0n) is 36.0. The Morgan fingerprint density at radius 2 is 1.03 bits per heavy atom. The maximum Gasteiger partial charge on any atom is 0.268 e. The first-order chi connectivity index (χ1) is 33.4. The van der Waals surface area contributed by atoms with Crippen LogP contribution in [0.25, 0.3) is 92.8 Å². The molecule has 0 N–H and O–H groups in total. The first-order valence-electron chi connectivity index (χ1n) is 21.7. The number of benzene rings is 9. The van der Waals surface area contributed by atoms with Gasteiger partial charge in [-0.3, -0.25) is 9.59 Å². The molecule has 0 saturated carbocycles. The van der Waals surface area contributed by atoms with E-state index in [1.807, 2.05) is 138 Å². The average Bonchev–Trinajstić information content (AvgIpc) is 3.87. The normalized spacial score (nSPS) is 11.8. The number of carbonyl (C=O) groups excluding carboxylic acids is 2. The van der Waals surface area contributed by atoms with Crippen molar-refractivity contribution in [3.63, 3.8) is 0 Å². The van der Waals surface area contributed by atoms with E-state index in [-0.39, 0.29) is 11.1 Å². The summed E-state index contributed by atoms with van der Waals surface area (Å²) in [6.07, 6.45) is 0. The summed E-state index contributed by atoms with van der Waals surface area (Å²) in [6.45, 7) is 15.5. The lowest BCUT2D eigenvalue weighted by Gasteiger charge is -2.24. The second kappa shape index (κ2) is 16.5. The number of anilines is 1. The van der Waals surface area contributed by atoms with E-state index in [1.54, 1.807) is 48.5 Å². The molecule has 1 aliphatic rings. The predicted molar refractivity (Wildman–Crippen MR) is 267 cm³/mol. The van der Waals surface area contributed by atoms with Gasteiger partial charge in [-0.1, -0.05) is 127 Å². The fourth-order valence-electron chi connectivity index (χ4n) is 9.51. The lowest BCUT2D eigenvalue weighted by atomic mass is 9.90. The molecule has 8 nitrogen and oxygen atoms in total. The third-order valence-electron chi connectivity index (χ3n) is 12.6. The minimum Gasteiger partial charge on any atom is -0.308 e. The Bertz CT molecular complexity index is 3750. The molecule has 0 spiro atoms. The van der Waals surface area contributed by atoms with Gasteiger partial charge in [0.2, 0.25) is 0 Å². The molecule has 1 aromatic heterocycles. The SMILES string of the molecule is [C-]#[N+]c1ccc(-c2ccc3c(c2)c2cc(-c4ccc(C#N)cc4[N+]#[C-])ccc2n3-c2cccc3c2C(=O)N(c2c(-c4ccccc4)cc(-c4ccccc4)cc2-c2ccccc2)C3=O)c(C#N)c1. The fourth-order valence-corrected chi connectivity index (χ4v) is 9.51. The molecule has 0 bridgehead atoms. The predicted octanol–water partition coefficient (Wildman–Crippen LogP) is 14.8. The smallest absolute Gasteiger partial charge is 0.268 e. The molecular formula is C60H32N6O2. The Morgan fingerprint density at radius 3 is 1.60 bits per heavy atom. The number of nitriles is 2. The van der Waals surface area contributed by atoms with Crippen molar-refractivity contribution in [3.05, 3.63) is 239 Å². The van der Waals surface area contributed by atoms with E-state index in [2.05, 4.69) is 34.0 Å². The van der Waals surface area contributed by atoms with Crippen molar-refractivity contribution in [1.29, 1.82) is 10.5 Å². The highest BCUT2D eigenvalue weighted by atomic mass is 16.2. The van der Waals surface area contributed by atoms with E-state index in [4.69, 9.17) is 13.1 Å². The highest BCUT2D eigenvalue weighted by molar-refractivity contribution is 6.37. The molecular weight excluding hydrogens is 837 g/mol. The topological polar surface area (TPSA) is 98.6 Å². The van der Waals surface area contributed by atoms with Gasteiger partial charge in [0, 0.05) is 33.0 Å². The summed E-state index contributed by atoms with van der Waals surface area (Å²) in [5, 5.41) is 21.4. The third kappa shape index (κ3) is 6.58. The summed E-state index contributed by atoms with van der Waals surface area (Å²) in [4.78, 5) is 39.5. The van der Waals surface area contributed by atoms with Crippen LogP contribution in [0, 0.1) is 35.8 Å². The third-order valence-corrected chi connectivity index (χ3v) is 12.6. The van der Waals surface area contributed by atoms with Gasteiger partial charge in [-0.25, -0.2) is 14.6 Å². The lowest BCUT2D eigenvalue weighted by molar-refractivity contribution is 0.0926. The van der Waals surface area contributed by atoms with E-state index in [9.17, 15) is 10.5 Å². The van der Waals surface area contributed by atoms with E-state index in [0.717, 1.165) is 66.3 Å². The van der Waals surface area contributed by atoms with E-state index < -0.39 is 11.8 Å². The molecule has 2 amide bonds. The summed E-state index contributed by atoms with van der Waals surface area (Å²) in [5.74, 6) is -0.915. The quantitative estimate of drug-likeness (QED) is 0.118. The highest BCUT2D eigenvalue weighted by Gasteiger charge is 2.42.